The molecule has 0 saturated heterocycles. The summed E-state index contributed by atoms with van der Waals surface area (Å²) < 4.78 is 12.1. The number of amides is 1. The molecule has 4 aromatic rings. The van der Waals surface area contributed by atoms with E-state index in [4.69, 9.17) is 9.26 Å². The summed E-state index contributed by atoms with van der Waals surface area (Å²) in [5, 5.41) is 7.63. The van der Waals surface area contributed by atoms with Crippen molar-refractivity contribution in [3.63, 3.8) is 0 Å². The fraction of sp³-hybridized carbons (Fsp3) is 0.238. The lowest BCUT2D eigenvalue weighted by molar-refractivity contribution is 0.0941. The lowest BCUT2D eigenvalue weighted by Crippen LogP contribution is -2.23. The Labute approximate surface area is 171 Å². The minimum absolute atomic E-state index is 0.176. The molecule has 29 heavy (non-hydrogen) atoms. The van der Waals surface area contributed by atoms with Gasteiger partial charge in [-0.15, -0.1) is 11.3 Å². The van der Waals surface area contributed by atoms with Crippen LogP contribution in [-0.4, -0.2) is 21.0 Å². The van der Waals surface area contributed by atoms with Crippen molar-refractivity contribution >= 4 is 27.5 Å². The molecule has 0 aliphatic heterocycles. The van der Waals surface area contributed by atoms with E-state index in [2.05, 4.69) is 27.4 Å². The van der Waals surface area contributed by atoms with Crippen LogP contribution in [0.15, 0.2) is 47.1 Å². The molecule has 0 radical (unpaired) electrons. The van der Waals surface area contributed by atoms with E-state index in [9.17, 15) is 4.79 Å². The van der Waals surface area contributed by atoms with Gasteiger partial charge in [0, 0.05) is 18.3 Å². The minimum Gasteiger partial charge on any atom is -0.485 e. The van der Waals surface area contributed by atoms with E-state index in [1.54, 1.807) is 17.4 Å². The Morgan fingerprint density at radius 1 is 1.24 bits per heavy atom. The number of fused-ring (bicyclic) bond motifs is 1. The molecule has 148 valence electrons. The molecule has 4 rings (SSSR count). The average molecular weight is 408 g/mol. The van der Waals surface area contributed by atoms with Gasteiger partial charge in [0.2, 0.25) is 0 Å². The molecule has 0 aliphatic carbocycles. The van der Waals surface area contributed by atoms with E-state index in [0.717, 1.165) is 32.9 Å². The fourth-order valence-corrected chi connectivity index (χ4v) is 3.59. The van der Waals surface area contributed by atoms with Gasteiger partial charge in [0.25, 0.3) is 5.91 Å². The van der Waals surface area contributed by atoms with Gasteiger partial charge in [-0.05, 0) is 37.1 Å². The molecule has 1 amide bonds. The number of pyridine rings is 1. The molecule has 3 aromatic heterocycles. The van der Waals surface area contributed by atoms with Crippen LogP contribution in [0.4, 0.5) is 0 Å². The summed E-state index contributed by atoms with van der Waals surface area (Å²) in [6, 6.07) is 11.2. The number of ether oxygens (including phenoxy) is 1. The van der Waals surface area contributed by atoms with Crippen molar-refractivity contribution in [2.24, 2.45) is 0 Å². The minimum atomic E-state index is -0.319. The van der Waals surface area contributed by atoms with Gasteiger partial charge >= 0.3 is 0 Å². The van der Waals surface area contributed by atoms with Crippen LogP contribution in [0.25, 0.3) is 10.2 Å². The quantitative estimate of drug-likeness (QED) is 0.496. The van der Waals surface area contributed by atoms with E-state index in [0.29, 0.717) is 18.1 Å². The fourth-order valence-electron chi connectivity index (χ4n) is 2.78. The monoisotopic (exact) mass is 408 g/mol. The van der Waals surface area contributed by atoms with Crippen molar-refractivity contribution in [1.82, 2.24) is 20.4 Å². The molecule has 0 saturated carbocycles. The van der Waals surface area contributed by atoms with Crippen molar-refractivity contribution in [2.75, 3.05) is 0 Å². The van der Waals surface area contributed by atoms with E-state index in [1.807, 2.05) is 43.5 Å². The van der Waals surface area contributed by atoms with Crippen LogP contribution >= 0.6 is 11.3 Å². The molecular formula is C21H20N4O3S. The van der Waals surface area contributed by atoms with Crippen molar-refractivity contribution in [2.45, 2.75) is 33.4 Å². The third kappa shape index (κ3) is 4.60. The summed E-state index contributed by atoms with van der Waals surface area (Å²) in [6.07, 6.45) is 2.75. The third-order valence-corrected chi connectivity index (χ3v) is 5.31. The number of rotatable bonds is 7. The second kappa shape index (κ2) is 8.40. The van der Waals surface area contributed by atoms with Crippen LogP contribution in [-0.2, 0) is 19.6 Å². The zero-order valence-corrected chi connectivity index (χ0v) is 17.0. The number of hydrogen-bond donors (Lipinski definition) is 1. The molecule has 0 bridgehead atoms. The first-order valence-corrected chi connectivity index (χ1v) is 10.1. The zero-order valence-electron chi connectivity index (χ0n) is 16.1. The van der Waals surface area contributed by atoms with Gasteiger partial charge in [-0.2, -0.15) is 0 Å². The number of carbonyl (C=O) groups excluding carboxylic acids is 1. The summed E-state index contributed by atoms with van der Waals surface area (Å²) >= 11 is 1.64. The molecule has 7 nitrogen and oxygen atoms in total. The highest BCUT2D eigenvalue weighted by Gasteiger charge is 2.13. The number of nitrogens with one attached hydrogen (secondary N) is 1. The lowest BCUT2D eigenvalue weighted by atomic mass is 10.2. The molecule has 8 heteroatoms. The van der Waals surface area contributed by atoms with Gasteiger partial charge in [0.15, 0.2) is 11.5 Å². The molecular weight excluding hydrogens is 388 g/mol. The summed E-state index contributed by atoms with van der Waals surface area (Å²) in [4.78, 5) is 21.0. The number of aryl methyl sites for hydroxylation is 2. The maximum absolute atomic E-state index is 12.3. The Bertz CT molecular complexity index is 1130. The van der Waals surface area contributed by atoms with Crippen LogP contribution in [0, 0.1) is 6.92 Å². The maximum Gasteiger partial charge on any atom is 0.273 e. The summed E-state index contributed by atoms with van der Waals surface area (Å²) in [5.74, 6) is 0.836. The second-order valence-electron chi connectivity index (χ2n) is 6.52. The summed E-state index contributed by atoms with van der Waals surface area (Å²) in [6.45, 7) is 4.55. The molecule has 0 aliphatic rings. The zero-order chi connectivity index (χ0) is 20.2. The molecule has 0 atom stereocenters. The van der Waals surface area contributed by atoms with Crippen LogP contribution in [0.1, 0.15) is 39.4 Å². The SMILES string of the molecule is CCc1ccc(CNC(=O)c2cc(COc3ccc4sc(C)nc4c3)on2)nc1. The van der Waals surface area contributed by atoms with Crippen molar-refractivity contribution < 1.29 is 14.1 Å². The van der Waals surface area contributed by atoms with Crippen LogP contribution < -0.4 is 10.1 Å². The van der Waals surface area contributed by atoms with Crippen LogP contribution in [0.3, 0.4) is 0 Å². The van der Waals surface area contributed by atoms with E-state index in [1.165, 1.54) is 0 Å². The Balaban J connectivity index is 1.32. The summed E-state index contributed by atoms with van der Waals surface area (Å²) in [7, 11) is 0. The van der Waals surface area contributed by atoms with Crippen LogP contribution in [0.2, 0.25) is 0 Å². The van der Waals surface area contributed by atoms with Gasteiger partial charge in [-0.1, -0.05) is 18.1 Å². The van der Waals surface area contributed by atoms with Gasteiger partial charge in [0.05, 0.1) is 27.5 Å². The summed E-state index contributed by atoms with van der Waals surface area (Å²) in [5.41, 5.74) is 3.06. The van der Waals surface area contributed by atoms with E-state index >= 15 is 0 Å². The van der Waals surface area contributed by atoms with Crippen molar-refractivity contribution in [1.29, 1.82) is 0 Å². The number of hydrogen-bond acceptors (Lipinski definition) is 7. The topological polar surface area (TPSA) is 90.1 Å². The molecule has 0 unspecified atom stereocenters. The highest BCUT2D eigenvalue weighted by Crippen LogP contribution is 2.26. The highest BCUT2D eigenvalue weighted by molar-refractivity contribution is 7.18. The number of nitrogens with zero attached hydrogens (tertiary/aromatic N) is 3. The van der Waals surface area contributed by atoms with Gasteiger partial charge in [-0.3, -0.25) is 9.78 Å². The predicted molar refractivity (Wildman–Crippen MR) is 110 cm³/mol. The molecule has 1 N–H and O–H groups in total. The maximum atomic E-state index is 12.3. The Hall–Kier alpha value is -3.26. The van der Waals surface area contributed by atoms with Gasteiger partial charge < -0.3 is 14.6 Å². The largest absolute Gasteiger partial charge is 0.485 e. The number of aromatic nitrogens is 3. The normalized spacial score (nSPS) is 11.0. The third-order valence-electron chi connectivity index (χ3n) is 4.36. The predicted octanol–water partition coefficient (Wildman–Crippen LogP) is 4.06. The van der Waals surface area contributed by atoms with Gasteiger partial charge in [0.1, 0.15) is 12.4 Å². The first kappa shape index (κ1) is 19.1. The van der Waals surface area contributed by atoms with Crippen molar-refractivity contribution in [3.05, 3.63) is 70.3 Å². The molecule has 0 spiro atoms. The first-order chi connectivity index (χ1) is 14.1. The number of benzene rings is 1. The highest BCUT2D eigenvalue weighted by atomic mass is 32.1. The molecule has 3 heterocycles. The Morgan fingerprint density at radius 2 is 2.14 bits per heavy atom. The van der Waals surface area contributed by atoms with E-state index < -0.39 is 0 Å². The number of thiazole rings is 1. The van der Waals surface area contributed by atoms with Gasteiger partial charge in [-0.25, -0.2) is 4.98 Å². The lowest BCUT2D eigenvalue weighted by Gasteiger charge is -2.03. The average Bonchev–Trinajstić information content (AvgIpc) is 3.36. The molecule has 1 aromatic carbocycles. The van der Waals surface area contributed by atoms with Crippen molar-refractivity contribution in [3.8, 4) is 5.75 Å². The Kier molecular flexibility index (Phi) is 5.53. The van der Waals surface area contributed by atoms with Crippen LogP contribution in [0.5, 0.6) is 5.75 Å². The molecule has 0 fully saturated rings. The first-order valence-electron chi connectivity index (χ1n) is 9.28. The van der Waals surface area contributed by atoms with E-state index in [-0.39, 0.29) is 18.2 Å². The smallest absolute Gasteiger partial charge is 0.273 e. The standard InChI is InChI=1S/C21H20N4O3S/c1-3-14-4-5-15(22-10-14)11-23-21(26)19-9-17(28-25-19)12-27-16-6-7-20-18(8-16)24-13(2)29-20/h4-10H,3,11-12H2,1-2H3,(H,23,26). The second-order valence-corrected chi connectivity index (χ2v) is 7.76. The Morgan fingerprint density at radius 3 is 2.93 bits per heavy atom. The number of carbonyl (C=O) groups is 1.